The fraction of sp³-hybridized carbons (Fsp3) is 0.595. The number of aliphatic hydroxyl groups excluding tert-OH is 6. The second-order valence-corrected chi connectivity index (χ2v) is 17.3. The first-order valence-corrected chi connectivity index (χ1v) is 20.5. The third-order valence-corrected chi connectivity index (χ3v) is 11.1. The largest absolute Gasteiger partial charge is 0.507 e. The summed E-state index contributed by atoms with van der Waals surface area (Å²) < 4.78 is 12.7. The Labute approximate surface area is 353 Å². The van der Waals surface area contributed by atoms with E-state index in [1.807, 2.05) is 0 Å². The topological polar surface area (TPSA) is 298 Å². The standard InChI is InChI=1S/C42H60N6O13/c1-22-14-26(15-23(2)34(22)53)38(56)43-19-31(51)36(55)37-33(45-32(52)21-48-20-28(46-47-48)24-10-7-6-8-11-24)29(49)17-42(60-37,39(57)58)18-30(50)35(54)25-12-9-13-27(16-25)44-40(59)61-41(3,4)5/h9,12-16,20,24,29-31,33,35-37,39,49-51,53-55,57-58H,6-8,10-11,17-19,21H2,1-5H3,(H,43,56)(H,44,59)(H,45,52)/t29-,30-,31+,33?,35-,36+,37+,42-/m0/s1. The number of rotatable bonds is 15. The lowest BCUT2D eigenvalue weighted by Crippen LogP contribution is -2.69. The summed E-state index contributed by atoms with van der Waals surface area (Å²) in [6.07, 6.45) is -8.70. The Morgan fingerprint density at radius 3 is 2.30 bits per heavy atom. The van der Waals surface area contributed by atoms with Crippen LogP contribution in [0.25, 0.3) is 0 Å². The van der Waals surface area contributed by atoms with Crippen LogP contribution in [-0.2, 0) is 20.8 Å². The number of aromatic hydroxyl groups is 1. The number of hydrogen-bond acceptors (Lipinski definition) is 15. The van der Waals surface area contributed by atoms with E-state index in [0.717, 1.165) is 37.8 Å². The molecule has 1 aromatic heterocycles. The minimum Gasteiger partial charge on any atom is -0.507 e. The SMILES string of the molecule is Cc1cc(C(=O)NC[C@@H](O)[C@@H](O)[C@@H]2O[C@@](C[C@H](O)[C@@H](O)c3cccc(NC(=O)OC(C)(C)C)c3)(C(O)O)C[C@H](O)C2NC(=O)Cn2cc(C3CCCCC3)nn2)cc(C)c1O. The number of nitrogens with zero attached hydrogens (tertiary/aromatic N) is 3. The van der Waals surface area contributed by atoms with Gasteiger partial charge in [0.1, 0.15) is 41.8 Å². The molecular formula is C42H60N6O13. The molecule has 2 aliphatic rings. The Balaban J connectivity index is 1.36. The van der Waals surface area contributed by atoms with Crippen molar-refractivity contribution in [1.82, 2.24) is 25.6 Å². The quantitative estimate of drug-likeness (QED) is 0.0961. The third-order valence-electron chi connectivity index (χ3n) is 11.1. The Kier molecular flexibility index (Phi) is 15.5. The fourth-order valence-corrected chi connectivity index (χ4v) is 7.95. The maximum atomic E-state index is 13.5. The molecule has 1 unspecified atom stereocenters. The van der Waals surface area contributed by atoms with Gasteiger partial charge >= 0.3 is 6.09 Å². The smallest absolute Gasteiger partial charge is 0.412 e. The number of aliphatic hydroxyl groups is 7. The summed E-state index contributed by atoms with van der Waals surface area (Å²) in [5.74, 6) is -1.13. The molecule has 336 valence electrons. The molecule has 8 atom stereocenters. The average Bonchev–Trinajstić information content (AvgIpc) is 3.66. The highest BCUT2D eigenvalue weighted by Crippen LogP contribution is 2.39. The Morgan fingerprint density at radius 2 is 1.66 bits per heavy atom. The van der Waals surface area contributed by atoms with Crippen LogP contribution in [0.1, 0.15) is 110 Å². The number of aryl methyl sites for hydroxylation is 2. The molecule has 19 heteroatoms. The lowest BCUT2D eigenvalue weighted by Gasteiger charge is -2.50. The Hall–Kier alpha value is -4.73. The van der Waals surface area contributed by atoms with Crippen molar-refractivity contribution in [3.05, 3.63) is 70.5 Å². The van der Waals surface area contributed by atoms with Gasteiger partial charge < -0.3 is 61.0 Å². The molecule has 1 aliphatic carbocycles. The molecule has 5 rings (SSSR count). The molecule has 1 saturated carbocycles. The van der Waals surface area contributed by atoms with E-state index in [1.54, 1.807) is 40.8 Å². The predicted molar refractivity (Wildman–Crippen MR) is 218 cm³/mol. The van der Waals surface area contributed by atoms with Crippen LogP contribution in [0.15, 0.2) is 42.6 Å². The number of aromatic nitrogens is 3. The lowest BCUT2D eigenvalue weighted by molar-refractivity contribution is -0.295. The van der Waals surface area contributed by atoms with Crippen molar-refractivity contribution in [2.45, 2.75) is 152 Å². The van der Waals surface area contributed by atoms with E-state index in [9.17, 15) is 55.2 Å². The molecule has 1 aliphatic heterocycles. The normalized spacial score (nSPS) is 23.1. The monoisotopic (exact) mass is 856 g/mol. The number of nitrogens with one attached hydrogen (secondary N) is 3. The maximum absolute atomic E-state index is 13.5. The van der Waals surface area contributed by atoms with Crippen LogP contribution < -0.4 is 16.0 Å². The van der Waals surface area contributed by atoms with Crippen molar-refractivity contribution >= 4 is 23.6 Å². The number of carbonyl (C=O) groups is 3. The highest BCUT2D eigenvalue weighted by molar-refractivity contribution is 5.95. The second kappa shape index (κ2) is 20.0. The number of anilines is 1. The van der Waals surface area contributed by atoms with E-state index in [1.165, 1.54) is 41.1 Å². The molecule has 3 amide bonds. The van der Waals surface area contributed by atoms with Gasteiger partial charge in [-0.15, -0.1) is 5.10 Å². The van der Waals surface area contributed by atoms with Gasteiger partial charge in [-0.1, -0.05) is 36.6 Å². The maximum Gasteiger partial charge on any atom is 0.412 e. The zero-order valence-electron chi connectivity index (χ0n) is 35.1. The van der Waals surface area contributed by atoms with Gasteiger partial charge in [-0.25, -0.2) is 9.48 Å². The number of benzene rings is 2. The highest BCUT2D eigenvalue weighted by Gasteiger charge is 2.55. The minimum atomic E-state index is -2.46. The number of phenolic OH excluding ortho intramolecular Hbond substituents is 1. The van der Waals surface area contributed by atoms with Crippen LogP contribution in [0.4, 0.5) is 10.5 Å². The van der Waals surface area contributed by atoms with Gasteiger partial charge in [-0.2, -0.15) is 0 Å². The minimum absolute atomic E-state index is 0.0116. The van der Waals surface area contributed by atoms with Crippen molar-refractivity contribution < 1.29 is 64.7 Å². The molecule has 3 aromatic rings. The van der Waals surface area contributed by atoms with Crippen molar-refractivity contribution in [3.8, 4) is 5.75 Å². The number of hydrogen-bond donors (Lipinski definition) is 11. The van der Waals surface area contributed by atoms with Crippen LogP contribution in [0.2, 0.25) is 0 Å². The van der Waals surface area contributed by atoms with Gasteiger partial charge in [0.15, 0.2) is 6.29 Å². The molecule has 1 saturated heterocycles. The number of ether oxygens (including phenoxy) is 2. The van der Waals surface area contributed by atoms with E-state index in [-0.39, 0.29) is 35.0 Å². The van der Waals surface area contributed by atoms with E-state index in [2.05, 4.69) is 26.3 Å². The molecule has 2 heterocycles. The number of carbonyl (C=O) groups excluding carboxylic acids is 3. The van der Waals surface area contributed by atoms with Gasteiger partial charge in [-0.05, 0) is 88.4 Å². The molecular weight excluding hydrogens is 796 g/mol. The van der Waals surface area contributed by atoms with Crippen LogP contribution in [0.3, 0.4) is 0 Å². The van der Waals surface area contributed by atoms with E-state index >= 15 is 0 Å². The summed E-state index contributed by atoms with van der Waals surface area (Å²) in [6, 6.07) is 7.20. The molecule has 11 N–H and O–H groups in total. The highest BCUT2D eigenvalue weighted by atomic mass is 16.6. The van der Waals surface area contributed by atoms with Crippen molar-refractivity contribution in [3.63, 3.8) is 0 Å². The van der Waals surface area contributed by atoms with Gasteiger partial charge in [0.05, 0.1) is 30.0 Å². The van der Waals surface area contributed by atoms with Gasteiger partial charge in [0, 0.05) is 42.8 Å². The molecule has 2 fully saturated rings. The van der Waals surface area contributed by atoms with E-state index in [0.29, 0.717) is 11.1 Å². The van der Waals surface area contributed by atoms with Crippen molar-refractivity contribution in [2.75, 3.05) is 11.9 Å². The molecule has 2 aromatic carbocycles. The second-order valence-electron chi connectivity index (χ2n) is 17.3. The predicted octanol–water partition coefficient (Wildman–Crippen LogP) is 1.32. The zero-order valence-corrected chi connectivity index (χ0v) is 35.1. The summed E-state index contributed by atoms with van der Waals surface area (Å²) >= 11 is 0. The summed E-state index contributed by atoms with van der Waals surface area (Å²) in [4.78, 5) is 38.9. The van der Waals surface area contributed by atoms with Crippen LogP contribution in [-0.4, -0.2) is 134 Å². The molecule has 0 spiro atoms. The first kappa shape index (κ1) is 47.3. The summed E-state index contributed by atoms with van der Waals surface area (Å²) in [5.41, 5.74) is -1.02. The van der Waals surface area contributed by atoms with Crippen LogP contribution in [0.5, 0.6) is 5.75 Å². The van der Waals surface area contributed by atoms with Gasteiger partial charge in [0.2, 0.25) is 5.91 Å². The Morgan fingerprint density at radius 1 is 0.984 bits per heavy atom. The molecule has 61 heavy (non-hydrogen) atoms. The fourth-order valence-electron chi connectivity index (χ4n) is 7.95. The van der Waals surface area contributed by atoms with E-state index < -0.39 is 97.5 Å². The number of amides is 3. The molecule has 0 bridgehead atoms. The average molecular weight is 857 g/mol. The molecule has 19 nitrogen and oxygen atoms in total. The first-order valence-electron chi connectivity index (χ1n) is 20.5. The zero-order chi connectivity index (χ0) is 44.8. The first-order chi connectivity index (χ1) is 28.7. The summed E-state index contributed by atoms with van der Waals surface area (Å²) in [5, 5.41) is 105. The van der Waals surface area contributed by atoms with Crippen molar-refractivity contribution in [1.29, 1.82) is 0 Å². The summed E-state index contributed by atoms with van der Waals surface area (Å²) in [7, 11) is 0. The van der Waals surface area contributed by atoms with Gasteiger partial charge in [0.25, 0.3) is 5.91 Å². The Bertz CT molecular complexity index is 1960. The third kappa shape index (κ3) is 12.2. The molecule has 0 radical (unpaired) electrons. The van der Waals surface area contributed by atoms with Crippen LogP contribution in [0, 0.1) is 13.8 Å². The van der Waals surface area contributed by atoms with Crippen molar-refractivity contribution in [2.24, 2.45) is 0 Å². The lowest BCUT2D eigenvalue weighted by atomic mass is 9.79. The number of phenols is 1. The van der Waals surface area contributed by atoms with Gasteiger partial charge in [-0.3, -0.25) is 14.9 Å². The summed E-state index contributed by atoms with van der Waals surface area (Å²) in [6.45, 7) is 7.33. The van der Waals surface area contributed by atoms with E-state index in [4.69, 9.17) is 9.47 Å². The van der Waals surface area contributed by atoms with Crippen LogP contribution >= 0.6 is 0 Å².